The van der Waals surface area contributed by atoms with E-state index in [9.17, 15) is 10.1 Å². The maximum absolute atomic E-state index is 10.7. The first-order valence-electron chi connectivity index (χ1n) is 5.08. The van der Waals surface area contributed by atoms with Crippen LogP contribution in [0.1, 0.15) is 5.56 Å². The Morgan fingerprint density at radius 3 is 2.74 bits per heavy atom. The van der Waals surface area contributed by atoms with E-state index in [1.165, 1.54) is 23.9 Å². The molecule has 1 aromatic heterocycles. The van der Waals surface area contributed by atoms with Gasteiger partial charge in [-0.15, -0.1) is 0 Å². The van der Waals surface area contributed by atoms with E-state index < -0.39 is 4.92 Å². The van der Waals surface area contributed by atoms with E-state index in [1.807, 2.05) is 18.2 Å². The van der Waals surface area contributed by atoms with Gasteiger partial charge in [-0.2, -0.15) is 5.26 Å². The zero-order valence-corrected chi connectivity index (χ0v) is 11.8. The van der Waals surface area contributed by atoms with E-state index in [-0.39, 0.29) is 11.3 Å². The Balaban J connectivity index is 2.29. The molecule has 1 aromatic carbocycles. The van der Waals surface area contributed by atoms with Crippen molar-refractivity contribution in [3.63, 3.8) is 0 Å². The number of aromatic nitrogens is 1. The molecule has 1 heterocycles. The number of hydrogen-bond acceptors (Lipinski definition) is 5. The third-order valence-corrected chi connectivity index (χ3v) is 3.62. The van der Waals surface area contributed by atoms with Crippen LogP contribution in [0.5, 0.6) is 0 Å². The molecule has 19 heavy (non-hydrogen) atoms. The van der Waals surface area contributed by atoms with Crippen LogP contribution in [-0.4, -0.2) is 9.91 Å². The monoisotopic (exact) mass is 335 g/mol. The van der Waals surface area contributed by atoms with Crippen LogP contribution in [0.2, 0.25) is 0 Å². The largest absolute Gasteiger partial charge is 0.287 e. The molecular weight excluding hydrogens is 330 g/mol. The molecule has 0 bridgehead atoms. The minimum atomic E-state index is -0.565. The van der Waals surface area contributed by atoms with E-state index in [0.717, 1.165) is 14.4 Å². The number of pyridine rings is 1. The summed E-state index contributed by atoms with van der Waals surface area (Å²) in [5, 5.41) is 20.4. The molecule has 0 saturated carbocycles. The molecule has 7 heteroatoms. The normalized spacial score (nSPS) is 9.89. The fourth-order valence-corrected chi connectivity index (χ4v) is 2.40. The zero-order chi connectivity index (χ0) is 13.8. The minimum absolute atomic E-state index is 0.0483. The van der Waals surface area contributed by atoms with Crippen LogP contribution in [-0.2, 0) is 0 Å². The van der Waals surface area contributed by atoms with E-state index >= 15 is 0 Å². The van der Waals surface area contributed by atoms with Gasteiger partial charge in [-0.3, -0.25) is 10.1 Å². The number of rotatable bonds is 3. The second kappa shape index (κ2) is 5.82. The second-order valence-electron chi connectivity index (χ2n) is 3.46. The van der Waals surface area contributed by atoms with Crippen molar-refractivity contribution < 1.29 is 4.92 Å². The molecule has 0 aliphatic carbocycles. The summed E-state index contributed by atoms with van der Waals surface area (Å²) in [4.78, 5) is 15.1. The maximum atomic E-state index is 10.7. The van der Waals surface area contributed by atoms with Gasteiger partial charge in [0.05, 0.1) is 4.92 Å². The predicted octanol–water partition coefficient (Wildman–Crippen LogP) is 3.78. The van der Waals surface area contributed by atoms with E-state index in [1.54, 1.807) is 12.3 Å². The number of benzene rings is 1. The highest BCUT2D eigenvalue weighted by Crippen LogP contribution is 2.30. The van der Waals surface area contributed by atoms with E-state index in [0.29, 0.717) is 0 Å². The van der Waals surface area contributed by atoms with Crippen LogP contribution in [0.3, 0.4) is 0 Å². The topological polar surface area (TPSA) is 79.8 Å². The SMILES string of the molecule is N#Cc1cc(Sc2ccc(Br)cn2)ccc1[N+](=O)[O-]. The van der Waals surface area contributed by atoms with Crippen LogP contribution in [0, 0.1) is 21.4 Å². The van der Waals surface area contributed by atoms with Crippen LogP contribution in [0.25, 0.3) is 0 Å². The second-order valence-corrected chi connectivity index (χ2v) is 5.47. The van der Waals surface area contributed by atoms with E-state index in [2.05, 4.69) is 20.9 Å². The van der Waals surface area contributed by atoms with Gasteiger partial charge in [-0.1, -0.05) is 11.8 Å². The molecule has 0 atom stereocenters. The van der Waals surface area contributed by atoms with Gasteiger partial charge < -0.3 is 0 Å². The number of hydrogen-bond donors (Lipinski definition) is 0. The number of nitro benzene ring substituents is 1. The number of nitrogens with zero attached hydrogens (tertiary/aromatic N) is 3. The average molecular weight is 336 g/mol. The average Bonchev–Trinajstić information content (AvgIpc) is 2.41. The third kappa shape index (κ3) is 3.30. The fourth-order valence-electron chi connectivity index (χ4n) is 1.37. The third-order valence-electron chi connectivity index (χ3n) is 2.21. The molecule has 0 aliphatic rings. The first kappa shape index (κ1) is 13.5. The Kier molecular flexibility index (Phi) is 4.14. The van der Waals surface area contributed by atoms with Crippen molar-refractivity contribution in [2.24, 2.45) is 0 Å². The molecule has 0 spiro atoms. The maximum Gasteiger partial charge on any atom is 0.287 e. The molecule has 2 aromatic rings. The lowest BCUT2D eigenvalue weighted by atomic mass is 10.2. The smallest absolute Gasteiger partial charge is 0.258 e. The van der Waals surface area contributed by atoms with Crippen molar-refractivity contribution in [1.29, 1.82) is 5.26 Å². The van der Waals surface area contributed by atoms with E-state index in [4.69, 9.17) is 5.26 Å². The molecule has 0 aliphatic heterocycles. The van der Waals surface area contributed by atoms with Crippen LogP contribution in [0.15, 0.2) is 50.9 Å². The van der Waals surface area contributed by atoms with Gasteiger partial charge in [0.25, 0.3) is 5.69 Å². The molecule has 2 rings (SSSR count). The quantitative estimate of drug-likeness (QED) is 0.629. The summed E-state index contributed by atoms with van der Waals surface area (Å²) in [6.45, 7) is 0. The first-order chi connectivity index (χ1) is 9.10. The van der Waals surface area contributed by atoms with Crippen molar-refractivity contribution in [1.82, 2.24) is 4.98 Å². The molecule has 0 saturated heterocycles. The van der Waals surface area contributed by atoms with Crippen molar-refractivity contribution in [2.75, 3.05) is 0 Å². The molecular formula is C12H6BrN3O2S. The van der Waals surface area contributed by atoms with Gasteiger partial charge >= 0.3 is 0 Å². The molecule has 0 amide bonds. The highest BCUT2D eigenvalue weighted by atomic mass is 79.9. The predicted molar refractivity (Wildman–Crippen MR) is 73.9 cm³/mol. The standard InChI is InChI=1S/C12H6BrN3O2S/c13-9-1-4-12(15-7-9)19-10-2-3-11(16(17)18)8(5-10)6-14/h1-5,7H. The van der Waals surface area contributed by atoms with Crippen molar-refractivity contribution >= 4 is 33.4 Å². The number of nitro groups is 1. The lowest BCUT2D eigenvalue weighted by Crippen LogP contribution is -1.92. The van der Waals surface area contributed by atoms with Crippen LogP contribution >= 0.6 is 27.7 Å². The molecule has 0 fully saturated rings. The summed E-state index contributed by atoms with van der Waals surface area (Å²) in [6, 6.07) is 9.93. The fraction of sp³-hybridized carbons (Fsp3) is 0. The van der Waals surface area contributed by atoms with Gasteiger partial charge in [0, 0.05) is 21.6 Å². The summed E-state index contributed by atoms with van der Waals surface area (Å²) in [5.41, 5.74) is -0.136. The Bertz CT molecular complexity index is 668. The Labute approximate surface area is 121 Å². The lowest BCUT2D eigenvalue weighted by molar-refractivity contribution is -0.385. The minimum Gasteiger partial charge on any atom is -0.258 e. The van der Waals surface area contributed by atoms with Gasteiger partial charge in [-0.25, -0.2) is 4.98 Å². The first-order valence-corrected chi connectivity index (χ1v) is 6.69. The number of nitriles is 1. The van der Waals surface area contributed by atoms with Crippen molar-refractivity contribution in [3.05, 3.63) is 56.7 Å². The van der Waals surface area contributed by atoms with Crippen LogP contribution in [0.4, 0.5) is 5.69 Å². The summed E-state index contributed by atoms with van der Waals surface area (Å²) in [6.07, 6.45) is 1.67. The Morgan fingerprint density at radius 1 is 1.37 bits per heavy atom. The summed E-state index contributed by atoms with van der Waals surface area (Å²) in [5.74, 6) is 0. The van der Waals surface area contributed by atoms with Gasteiger partial charge in [-0.05, 0) is 40.2 Å². The summed E-state index contributed by atoms with van der Waals surface area (Å²) in [7, 11) is 0. The lowest BCUT2D eigenvalue weighted by Gasteiger charge is -2.02. The van der Waals surface area contributed by atoms with Gasteiger partial charge in [0.15, 0.2) is 0 Å². The molecule has 0 N–H and O–H groups in total. The summed E-state index contributed by atoms with van der Waals surface area (Å²) < 4.78 is 0.873. The highest BCUT2D eigenvalue weighted by molar-refractivity contribution is 9.10. The molecule has 0 radical (unpaired) electrons. The number of halogens is 1. The zero-order valence-electron chi connectivity index (χ0n) is 9.41. The van der Waals surface area contributed by atoms with Gasteiger partial charge in [0.2, 0.25) is 0 Å². The summed E-state index contributed by atoms with van der Waals surface area (Å²) >= 11 is 4.63. The van der Waals surface area contributed by atoms with Gasteiger partial charge in [0.1, 0.15) is 16.7 Å². The van der Waals surface area contributed by atoms with Crippen molar-refractivity contribution in [3.8, 4) is 6.07 Å². The molecule has 5 nitrogen and oxygen atoms in total. The Hall–Kier alpha value is -1.91. The molecule has 0 unspecified atom stereocenters. The van der Waals surface area contributed by atoms with Crippen LogP contribution < -0.4 is 0 Å². The van der Waals surface area contributed by atoms with Crippen molar-refractivity contribution in [2.45, 2.75) is 9.92 Å². The highest BCUT2D eigenvalue weighted by Gasteiger charge is 2.14. The molecule has 94 valence electrons. The Morgan fingerprint density at radius 2 is 2.16 bits per heavy atom.